The van der Waals surface area contributed by atoms with Gasteiger partial charge in [-0.1, -0.05) is 18.2 Å². The molecule has 0 aromatic heterocycles. The van der Waals surface area contributed by atoms with Gasteiger partial charge in [0.2, 0.25) is 0 Å². The summed E-state index contributed by atoms with van der Waals surface area (Å²) in [5.41, 5.74) is 1.64. The summed E-state index contributed by atoms with van der Waals surface area (Å²) >= 11 is 0. The van der Waals surface area contributed by atoms with Crippen molar-refractivity contribution >= 4 is 0 Å². The summed E-state index contributed by atoms with van der Waals surface area (Å²) < 4.78 is 15.8. The minimum atomic E-state index is -0.627. The number of aliphatic hydroxyl groups excluding tert-OH is 1. The fourth-order valence-electron chi connectivity index (χ4n) is 2.01. The van der Waals surface area contributed by atoms with Gasteiger partial charge in [0, 0.05) is 12.7 Å². The van der Waals surface area contributed by atoms with Gasteiger partial charge < -0.3 is 19.3 Å². The molecule has 0 spiro atoms. The van der Waals surface area contributed by atoms with Crippen LogP contribution < -0.4 is 9.47 Å². The lowest BCUT2D eigenvalue weighted by Crippen LogP contribution is -2.08. The molecule has 0 aliphatic heterocycles. The molecule has 0 saturated heterocycles. The van der Waals surface area contributed by atoms with Gasteiger partial charge in [0.25, 0.3) is 0 Å². The summed E-state index contributed by atoms with van der Waals surface area (Å²) in [5.74, 6) is 1.18. The number of allylic oxidation sites excluding steroid dienone is 1. The Morgan fingerprint density at radius 3 is 2.55 bits per heavy atom. The van der Waals surface area contributed by atoms with E-state index in [0.717, 1.165) is 11.1 Å². The molecule has 1 atom stereocenters. The van der Waals surface area contributed by atoms with E-state index in [1.165, 1.54) is 0 Å². The van der Waals surface area contributed by atoms with E-state index in [4.69, 9.17) is 14.2 Å². The molecule has 110 valence electrons. The molecule has 1 N–H and O–H groups in total. The Balaban J connectivity index is 3.29. The first-order valence-electron chi connectivity index (χ1n) is 6.40. The van der Waals surface area contributed by atoms with Crippen LogP contribution in [0.5, 0.6) is 11.5 Å². The first-order chi connectivity index (χ1) is 9.69. The van der Waals surface area contributed by atoms with E-state index in [-0.39, 0.29) is 6.79 Å². The maximum absolute atomic E-state index is 10.2. The van der Waals surface area contributed by atoms with E-state index >= 15 is 0 Å². The van der Waals surface area contributed by atoms with Crippen molar-refractivity contribution in [1.82, 2.24) is 0 Å². The van der Waals surface area contributed by atoms with E-state index in [1.807, 2.05) is 6.07 Å². The van der Waals surface area contributed by atoms with Gasteiger partial charge >= 0.3 is 0 Å². The Morgan fingerprint density at radius 1 is 1.25 bits per heavy atom. The summed E-state index contributed by atoms with van der Waals surface area (Å²) in [4.78, 5) is 0. The first-order valence-corrected chi connectivity index (χ1v) is 6.40. The molecule has 4 heteroatoms. The molecule has 0 bridgehead atoms. The van der Waals surface area contributed by atoms with Crippen LogP contribution in [0, 0.1) is 0 Å². The third kappa shape index (κ3) is 3.85. The van der Waals surface area contributed by atoms with Crippen molar-refractivity contribution in [2.75, 3.05) is 21.0 Å². The van der Waals surface area contributed by atoms with Crippen LogP contribution in [0.15, 0.2) is 37.4 Å². The molecule has 1 unspecified atom stereocenters. The average molecular weight is 278 g/mol. The van der Waals surface area contributed by atoms with Gasteiger partial charge in [-0.15, -0.1) is 13.2 Å². The molecule has 1 rings (SSSR count). The lowest BCUT2D eigenvalue weighted by molar-refractivity contribution is 0.0482. The zero-order valence-electron chi connectivity index (χ0n) is 12.1. The molecule has 0 radical (unpaired) electrons. The van der Waals surface area contributed by atoms with Crippen molar-refractivity contribution in [1.29, 1.82) is 0 Å². The molecule has 20 heavy (non-hydrogen) atoms. The number of aliphatic hydroxyl groups is 1. The van der Waals surface area contributed by atoms with Gasteiger partial charge in [-0.25, -0.2) is 0 Å². The van der Waals surface area contributed by atoms with Crippen molar-refractivity contribution < 1.29 is 19.3 Å². The second kappa shape index (κ2) is 8.40. The first kappa shape index (κ1) is 16.3. The lowest BCUT2D eigenvalue weighted by atomic mass is 9.96. The van der Waals surface area contributed by atoms with Gasteiger partial charge in [0.1, 0.15) is 0 Å². The number of hydrogen-bond acceptors (Lipinski definition) is 4. The fourth-order valence-corrected chi connectivity index (χ4v) is 2.01. The zero-order chi connectivity index (χ0) is 15.0. The Bertz CT molecular complexity index is 454. The smallest absolute Gasteiger partial charge is 0.188 e. The van der Waals surface area contributed by atoms with Crippen LogP contribution in [0.25, 0.3) is 0 Å². The van der Waals surface area contributed by atoms with Crippen molar-refractivity contribution in [3.05, 3.63) is 48.6 Å². The van der Waals surface area contributed by atoms with Crippen LogP contribution in [0.3, 0.4) is 0 Å². The summed E-state index contributed by atoms with van der Waals surface area (Å²) in [6.07, 6.45) is 3.86. The summed E-state index contributed by atoms with van der Waals surface area (Å²) in [5, 5.41) is 10.2. The minimum absolute atomic E-state index is 0.113. The maximum atomic E-state index is 10.2. The number of benzene rings is 1. The van der Waals surface area contributed by atoms with E-state index in [2.05, 4.69) is 13.2 Å². The topological polar surface area (TPSA) is 47.9 Å². The molecule has 4 nitrogen and oxygen atoms in total. The van der Waals surface area contributed by atoms with Crippen molar-refractivity contribution in [3.8, 4) is 11.5 Å². The Morgan fingerprint density at radius 2 is 2.00 bits per heavy atom. The van der Waals surface area contributed by atoms with Gasteiger partial charge in [0.05, 0.1) is 13.2 Å². The van der Waals surface area contributed by atoms with E-state index in [0.29, 0.717) is 24.3 Å². The van der Waals surface area contributed by atoms with E-state index in [9.17, 15) is 5.11 Å². The third-order valence-corrected chi connectivity index (χ3v) is 2.90. The van der Waals surface area contributed by atoms with Crippen molar-refractivity contribution in [2.45, 2.75) is 18.9 Å². The highest BCUT2D eigenvalue weighted by Gasteiger charge is 2.18. The molecule has 0 aliphatic rings. The summed E-state index contributed by atoms with van der Waals surface area (Å²) in [6.45, 7) is 7.51. The van der Waals surface area contributed by atoms with Crippen LogP contribution in [0.2, 0.25) is 0 Å². The van der Waals surface area contributed by atoms with Gasteiger partial charge in [-0.2, -0.15) is 0 Å². The third-order valence-electron chi connectivity index (χ3n) is 2.90. The van der Waals surface area contributed by atoms with Crippen LogP contribution in [-0.4, -0.2) is 26.1 Å². The van der Waals surface area contributed by atoms with Crippen molar-refractivity contribution in [2.24, 2.45) is 0 Å². The van der Waals surface area contributed by atoms with Gasteiger partial charge in [-0.05, 0) is 24.5 Å². The standard InChI is InChI=1S/C16H22O4/c1-5-7-13-12(14(17)8-6-2)9-10-15(19-4)16(13)20-11-18-3/h5-6,9-10,14,17H,1-2,7-8,11H2,3-4H3. The van der Waals surface area contributed by atoms with Crippen LogP contribution in [0.1, 0.15) is 23.7 Å². The Labute approximate surface area is 120 Å². The highest BCUT2D eigenvalue weighted by atomic mass is 16.7. The molecule has 0 aliphatic carbocycles. The fraction of sp³-hybridized carbons (Fsp3) is 0.375. The van der Waals surface area contributed by atoms with Crippen molar-refractivity contribution in [3.63, 3.8) is 0 Å². The number of ether oxygens (including phenoxy) is 3. The highest BCUT2D eigenvalue weighted by molar-refractivity contribution is 5.52. The number of hydrogen-bond donors (Lipinski definition) is 1. The van der Waals surface area contributed by atoms with Gasteiger partial charge in [0.15, 0.2) is 18.3 Å². The molecule has 0 fully saturated rings. The summed E-state index contributed by atoms with van der Waals surface area (Å²) in [7, 11) is 3.13. The van der Waals surface area contributed by atoms with Crippen LogP contribution in [-0.2, 0) is 11.2 Å². The zero-order valence-corrected chi connectivity index (χ0v) is 12.1. The van der Waals surface area contributed by atoms with E-state index < -0.39 is 6.10 Å². The number of methoxy groups -OCH3 is 2. The maximum Gasteiger partial charge on any atom is 0.188 e. The molecule has 1 aromatic rings. The monoisotopic (exact) mass is 278 g/mol. The number of rotatable bonds is 9. The predicted octanol–water partition coefficient (Wildman–Crippen LogP) is 3.02. The summed E-state index contributed by atoms with van der Waals surface area (Å²) in [6, 6.07) is 3.62. The molecule has 1 aromatic carbocycles. The second-order valence-electron chi connectivity index (χ2n) is 4.25. The van der Waals surface area contributed by atoms with E-state index in [1.54, 1.807) is 32.4 Å². The molecule has 0 heterocycles. The Kier molecular flexibility index (Phi) is 6.84. The molecule has 0 amide bonds. The average Bonchev–Trinajstić information content (AvgIpc) is 2.45. The normalized spacial score (nSPS) is 11.8. The SMILES string of the molecule is C=CCc1c(C(O)CC=C)ccc(OC)c1OCOC. The van der Waals surface area contributed by atoms with Gasteiger partial charge in [-0.3, -0.25) is 0 Å². The second-order valence-corrected chi connectivity index (χ2v) is 4.25. The van der Waals surface area contributed by atoms with Crippen LogP contribution in [0.4, 0.5) is 0 Å². The molecular formula is C16H22O4. The highest BCUT2D eigenvalue weighted by Crippen LogP contribution is 2.37. The largest absolute Gasteiger partial charge is 0.493 e. The molecular weight excluding hydrogens is 256 g/mol. The Hall–Kier alpha value is -1.78. The van der Waals surface area contributed by atoms with Crippen LogP contribution >= 0.6 is 0 Å². The molecule has 0 saturated carbocycles. The predicted molar refractivity (Wildman–Crippen MR) is 79.2 cm³/mol. The lowest BCUT2D eigenvalue weighted by Gasteiger charge is -2.20. The quantitative estimate of drug-likeness (QED) is 0.557. The minimum Gasteiger partial charge on any atom is -0.493 e.